The molecule has 3 N–H and O–H groups in total. The van der Waals surface area contributed by atoms with Gasteiger partial charge in [0.05, 0.1) is 6.61 Å². The number of aliphatic hydroxyl groups is 1. The summed E-state index contributed by atoms with van der Waals surface area (Å²) < 4.78 is 5.23. The van der Waals surface area contributed by atoms with Gasteiger partial charge in [-0.2, -0.15) is 12.6 Å². The summed E-state index contributed by atoms with van der Waals surface area (Å²) in [5, 5.41) is 15.0. The first-order valence-corrected chi connectivity index (χ1v) is 10.8. The van der Waals surface area contributed by atoms with E-state index >= 15 is 0 Å². The van der Waals surface area contributed by atoms with Crippen LogP contribution < -0.4 is 10.6 Å². The van der Waals surface area contributed by atoms with Gasteiger partial charge in [-0.05, 0) is 47.1 Å². The largest absolute Gasteiger partial charge is 0.444 e. The summed E-state index contributed by atoms with van der Waals surface area (Å²) in [6.45, 7) is 10.2. The molecule has 0 radical (unpaired) electrons. The molecule has 0 spiro atoms. The van der Waals surface area contributed by atoms with Crippen LogP contribution in [0.2, 0.25) is 0 Å². The number of rotatable bonds is 8. The molecule has 3 amide bonds. The third-order valence-corrected chi connectivity index (χ3v) is 4.33. The van der Waals surface area contributed by atoms with Gasteiger partial charge in [-0.25, -0.2) is 4.79 Å². The van der Waals surface area contributed by atoms with Crippen molar-refractivity contribution in [3.8, 4) is 0 Å². The predicted octanol–water partition coefficient (Wildman–Crippen LogP) is 2.29. The summed E-state index contributed by atoms with van der Waals surface area (Å²) in [4.78, 5) is 40.0. The number of thiol groups is 1. The number of hydrogen-bond donors (Lipinski definition) is 4. The molecule has 0 saturated heterocycles. The monoisotopic (exact) mass is 453 g/mol. The molecule has 1 aromatic rings. The van der Waals surface area contributed by atoms with Crippen LogP contribution in [0, 0.1) is 0 Å². The minimum atomic E-state index is -1.04. The van der Waals surface area contributed by atoms with E-state index in [-0.39, 0.29) is 18.9 Å². The molecule has 174 valence electrons. The van der Waals surface area contributed by atoms with E-state index in [2.05, 4.69) is 23.3 Å². The molecule has 0 aliphatic rings. The summed E-state index contributed by atoms with van der Waals surface area (Å²) in [5.41, 5.74) is -0.685. The Balaban J connectivity index is 3.27. The molecule has 0 aliphatic heterocycles. The van der Waals surface area contributed by atoms with Gasteiger partial charge in [-0.1, -0.05) is 30.3 Å². The molecule has 0 aromatic heterocycles. The SMILES string of the molecule is CC(C)(C)NC(=O)C(c1ccccc1)N(CCO)C(=O)C(CS)NC(=O)OC(C)(C)C. The lowest BCUT2D eigenvalue weighted by molar-refractivity contribution is -0.143. The first-order chi connectivity index (χ1) is 14.3. The smallest absolute Gasteiger partial charge is 0.408 e. The Labute approximate surface area is 190 Å². The van der Waals surface area contributed by atoms with Crippen molar-refractivity contribution in [1.82, 2.24) is 15.5 Å². The number of hydrogen-bond acceptors (Lipinski definition) is 6. The van der Waals surface area contributed by atoms with Gasteiger partial charge in [0.15, 0.2) is 0 Å². The van der Waals surface area contributed by atoms with Gasteiger partial charge in [0.2, 0.25) is 11.8 Å². The number of aliphatic hydroxyl groups excluding tert-OH is 1. The third kappa shape index (κ3) is 9.18. The number of nitrogens with one attached hydrogen (secondary N) is 2. The maximum Gasteiger partial charge on any atom is 0.408 e. The maximum atomic E-state index is 13.4. The van der Waals surface area contributed by atoms with Gasteiger partial charge >= 0.3 is 6.09 Å². The van der Waals surface area contributed by atoms with Crippen LogP contribution in [0.1, 0.15) is 53.1 Å². The van der Waals surface area contributed by atoms with Crippen LogP contribution in [-0.2, 0) is 14.3 Å². The van der Waals surface area contributed by atoms with Crippen LogP contribution >= 0.6 is 12.6 Å². The fourth-order valence-electron chi connectivity index (χ4n) is 2.86. The van der Waals surface area contributed by atoms with Crippen molar-refractivity contribution >= 4 is 30.5 Å². The molecule has 1 aromatic carbocycles. The Morgan fingerprint density at radius 2 is 1.68 bits per heavy atom. The lowest BCUT2D eigenvalue weighted by Crippen LogP contribution is -2.55. The van der Waals surface area contributed by atoms with E-state index in [1.807, 2.05) is 20.8 Å². The number of carbonyl (C=O) groups excluding carboxylic acids is 3. The summed E-state index contributed by atoms with van der Waals surface area (Å²) >= 11 is 4.20. The Morgan fingerprint density at radius 3 is 2.13 bits per heavy atom. The van der Waals surface area contributed by atoms with Crippen LogP contribution in [0.5, 0.6) is 0 Å². The zero-order valence-corrected chi connectivity index (χ0v) is 20.0. The fourth-order valence-corrected chi connectivity index (χ4v) is 3.10. The Kier molecular flexibility index (Phi) is 9.83. The standard InChI is InChI=1S/C22H35N3O5S/c1-21(2,3)24-18(27)17(15-10-8-7-9-11-15)25(12-13-26)19(28)16(14-31)23-20(29)30-22(4,5)6/h7-11,16-17,26,31H,12-14H2,1-6H3,(H,23,29)(H,24,27). The topological polar surface area (TPSA) is 108 Å². The molecule has 0 fully saturated rings. The molecular weight excluding hydrogens is 418 g/mol. The third-order valence-electron chi connectivity index (χ3n) is 3.97. The van der Waals surface area contributed by atoms with Crippen LogP contribution in [0.3, 0.4) is 0 Å². The second-order valence-electron chi connectivity index (χ2n) is 9.19. The van der Waals surface area contributed by atoms with E-state index in [1.54, 1.807) is 51.1 Å². The highest BCUT2D eigenvalue weighted by Crippen LogP contribution is 2.23. The predicted molar refractivity (Wildman–Crippen MR) is 123 cm³/mol. The normalized spacial score (nSPS) is 13.7. The number of nitrogens with zero attached hydrogens (tertiary/aromatic N) is 1. The highest BCUT2D eigenvalue weighted by Gasteiger charge is 2.36. The quantitative estimate of drug-likeness (QED) is 0.452. The molecule has 1 rings (SSSR count). The number of benzene rings is 1. The van der Waals surface area contributed by atoms with Gasteiger partial charge in [-0.15, -0.1) is 0 Å². The number of ether oxygens (including phenoxy) is 1. The van der Waals surface area contributed by atoms with E-state index in [0.717, 1.165) is 0 Å². The molecule has 31 heavy (non-hydrogen) atoms. The first-order valence-electron chi connectivity index (χ1n) is 10.2. The average Bonchev–Trinajstić information content (AvgIpc) is 2.63. The van der Waals surface area contributed by atoms with Crippen LogP contribution in [0.15, 0.2) is 30.3 Å². The summed E-state index contributed by atoms with van der Waals surface area (Å²) in [5.74, 6) is -0.953. The highest BCUT2D eigenvalue weighted by atomic mass is 32.1. The minimum Gasteiger partial charge on any atom is -0.444 e. The van der Waals surface area contributed by atoms with Gasteiger partial charge < -0.3 is 25.4 Å². The van der Waals surface area contributed by atoms with Crippen molar-refractivity contribution < 1.29 is 24.2 Å². The molecule has 2 unspecified atom stereocenters. The molecule has 8 nitrogen and oxygen atoms in total. The van der Waals surface area contributed by atoms with E-state index in [0.29, 0.717) is 5.56 Å². The number of carbonyl (C=O) groups is 3. The van der Waals surface area contributed by atoms with Crippen molar-refractivity contribution in [2.24, 2.45) is 0 Å². The van der Waals surface area contributed by atoms with Crippen molar-refractivity contribution in [2.75, 3.05) is 18.9 Å². The van der Waals surface area contributed by atoms with Crippen molar-refractivity contribution in [3.63, 3.8) is 0 Å². The lowest BCUT2D eigenvalue weighted by atomic mass is 10.0. The Morgan fingerprint density at radius 1 is 1.10 bits per heavy atom. The van der Waals surface area contributed by atoms with Gasteiger partial charge in [0.25, 0.3) is 0 Å². The minimum absolute atomic E-state index is 0.0115. The molecule has 9 heteroatoms. The molecular formula is C22H35N3O5S. The number of alkyl carbamates (subject to hydrolysis) is 1. The van der Waals surface area contributed by atoms with Crippen molar-refractivity contribution in [3.05, 3.63) is 35.9 Å². The molecule has 0 saturated carbocycles. The van der Waals surface area contributed by atoms with Gasteiger partial charge in [-0.3, -0.25) is 9.59 Å². The summed E-state index contributed by atoms with van der Waals surface area (Å²) in [6.07, 6.45) is -0.765. The fraction of sp³-hybridized carbons (Fsp3) is 0.591. The maximum absolute atomic E-state index is 13.4. The zero-order valence-electron chi connectivity index (χ0n) is 19.1. The van der Waals surface area contributed by atoms with E-state index in [4.69, 9.17) is 4.74 Å². The Hall–Kier alpha value is -2.26. The molecule has 2 atom stereocenters. The van der Waals surface area contributed by atoms with E-state index < -0.39 is 41.1 Å². The summed E-state index contributed by atoms with van der Waals surface area (Å²) in [6, 6.07) is 6.78. The first kappa shape index (κ1) is 26.8. The highest BCUT2D eigenvalue weighted by molar-refractivity contribution is 7.80. The lowest BCUT2D eigenvalue weighted by Gasteiger charge is -2.35. The second-order valence-corrected chi connectivity index (χ2v) is 9.55. The van der Waals surface area contributed by atoms with Gasteiger partial charge in [0.1, 0.15) is 17.7 Å². The zero-order chi connectivity index (χ0) is 23.8. The molecule has 0 heterocycles. The van der Waals surface area contributed by atoms with E-state index in [1.165, 1.54) is 4.90 Å². The van der Waals surface area contributed by atoms with Crippen LogP contribution in [-0.4, -0.2) is 64.0 Å². The molecule has 0 bridgehead atoms. The van der Waals surface area contributed by atoms with Crippen molar-refractivity contribution in [2.45, 2.75) is 64.8 Å². The van der Waals surface area contributed by atoms with Gasteiger partial charge in [0, 0.05) is 17.8 Å². The Bertz CT molecular complexity index is 744. The molecule has 0 aliphatic carbocycles. The average molecular weight is 454 g/mol. The van der Waals surface area contributed by atoms with Crippen molar-refractivity contribution in [1.29, 1.82) is 0 Å². The summed E-state index contributed by atoms with van der Waals surface area (Å²) in [7, 11) is 0. The number of amides is 3. The van der Waals surface area contributed by atoms with E-state index in [9.17, 15) is 19.5 Å². The second kappa shape index (κ2) is 11.4. The van der Waals surface area contributed by atoms with Crippen LogP contribution in [0.4, 0.5) is 4.79 Å². The van der Waals surface area contributed by atoms with Crippen LogP contribution in [0.25, 0.3) is 0 Å².